The third-order valence-corrected chi connectivity index (χ3v) is 2.62. The van der Waals surface area contributed by atoms with Crippen molar-refractivity contribution >= 4 is 0 Å². The number of hydrogen-bond donors (Lipinski definition) is 1. The second-order valence-corrected chi connectivity index (χ2v) is 3.70. The number of pyridine rings is 1. The van der Waals surface area contributed by atoms with Crippen molar-refractivity contribution in [2.45, 2.75) is 13.5 Å². The zero-order chi connectivity index (χ0) is 11.5. The lowest BCUT2D eigenvalue weighted by molar-refractivity contribution is 0.625. The topological polar surface area (TPSA) is 38.9 Å². The minimum absolute atomic E-state index is 0.259. The fourth-order valence-corrected chi connectivity index (χ4v) is 1.74. The van der Waals surface area contributed by atoms with Crippen LogP contribution in [0.3, 0.4) is 0 Å². The van der Waals surface area contributed by atoms with Crippen molar-refractivity contribution in [1.82, 2.24) is 4.98 Å². The lowest BCUT2D eigenvalue weighted by Gasteiger charge is -2.10. The van der Waals surface area contributed by atoms with Crippen LogP contribution in [0.4, 0.5) is 4.39 Å². The molecule has 0 amide bonds. The molecule has 0 aliphatic heterocycles. The Labute approximate surface area is 93.9 Å². The number of hydrogen-bond acceptors (Lipinski definition) is 2. The Balaban J connectivity index is 2.60. The van der Waals surface area contributed by atoms with Gasteiger partial charge in [0, 0.05) is 24.5 Å². The highest BCUT2D eigenvalue weighted by molar-refractivity contribution is 5.69. The van der Waals surface area contributed by atoms with Crippen LogP contribution in [-0.4, -0.2) is 4.98 Å². The summed E-state index contributed by atoms with van der Waals surface area (Å²) in [5.41, 5.74) is 9.49. The summed E-state index contributed by atoms with van der Waals surface area (Å²) in [4.78, 5) is 4.09. The van der Waals surface area contributed by atoms with Crippen molar-refractivity contribution in [2.24, 2.45) is 5.73 Å². The molecular weight excluding hydrogens is 203 g/mol. The van der Waals surface area contributed by atoms with Crippen LogP contribution in [-0.2, 0) is 6.54 Å². The number of aryl methyl sites for hydroxylation is 1. The molecule has 0 atom stereocenters. The van der Waals surface area contributed by atoms with Gasteiger partial charge in [0.25, 0.3) is 0 Å². The Morgan fingerprint density at radius 1 is 1.25 bits per heavy atom. The second kappa shape index (κ2) is 4.41. The minimum Gasteiger partial charge on any atom is -0.326 e. The van der Waals surface area contributed by atoms with Crippen molar-refractivity contribution in [1.29, 1.82) is 0 Å². The predicted molar refractivity (Wildman–Crippen MR) is 62.3 cm³/mol. The SMILES string of the molecule is Cc1ccncc1-c1ccc(F)cc1CN. The Morgan fingerprint density at radius 3 is 2.75 bits per heavy atom. The number of benzene rings is 1. The third kappa shape index (κ3) is 1.95. The molecule has 3 heteroatoms. The molecule has 2 aromatic rings. The van der Waals surface area contributed by atoms with Crippen molar-refractivity contribution in [3.63, 3.8) is 0 Å². The van der Waals surface area contributed by atoms with Crippen molar-refractivity contribution in [2.75, 3.05) is 0 Å². The van der Waals surface area contributed by atoms with E-state index in [1.54, 1.807) is 18.5 Å². The number of rotatable bonds is 2. The molecule has 2 rings (SSSR count). The van der Waals surface area contributed by atoms with Gasteiger partial charge in [-0.25, -0.2) is 4.39 Å². The summed E-state index contributed by atoms with van der Waals surface area (Å²) in [6.07, 6.45) is 3.52. The molecule has 1 aromatic carbocycles. The first-order chi connectivity index (χ1) is 7.72. The molecule has 0 unspecified atom stereocenters. The van der Waals surface area contributed by atoms with E-state index < -0.39 is 0 Å². The Hall–Kier alpha value is -1.74. The highest BCUT2D eigenvalue weighted by Crippen LogP contribution is 2.26. The van der Waals surface area contributed by atoms with Crippen molar-refractivity contribution < 1.29 is 4.39 Å². The normalized spacial score (nSPS) is 10.4. The fraction of sp³-hybridized carbons (Fsp3) is 0.154. The summed E-state index contributed by atoms with van der Waals surface area (Å²) in [5, 5.41) is 0. The number of nitrogens with zero attached hydrogens (tertiary/aromatic N) is 1. The summed E-state index contributed by atoms with van der Waals surface area (Å²) in [6, 6.07) is 6.60. The molecule has 0 saturated heterocycles. The lowest BCUT2D eigenvalue weighted by atomic mass is 9.98. The van der Waals surface area contributed by atoms with Gasteiger partial charge in [-0.3, -0.25) is 4.98 Å². The molecule has 1 aromatic heterocycles. The van der Waals surface area contributed by atoms with E-state index in [2.05, 4.69) is 4.98 Å². The van der Waals surface area contributed by atoms with Crippen LogP contribution in [0.5, 0.6) is 0 Å². The predicted octanol–water partition coefficient (Wildman–Crippen LogP) is 2.65. The van der Waals surface area contributed by atoms with Gasteiger partial charge >= 0.3 is 0 Å². The number of nitrogens with two attached hydrogens (primary N) is 1. The van der Waals surface area contributed by atoms with Gasteiger partial charge < -0.3 is 5.73 Å². The molecule has 16 heavy (non-hydrogen) atoms. The smallest absolute Gasteiger partial charge is 0.123 e. The molecule has 0 radical (unpaired) electrons. The van der Waals surface area contributed by atoms with Crippen LogP contribution >= 0.6 is 0 Å². The van der Waals surface area contributed by atoms with Gasteiger partial charge in [0.2, 0.25) is 0 Å². The van der Waals surface area contributed by atoms with E-state index in [9.17, 15) is 4.39 Å². The van der Waals surface area contributed by atoms with Gasteiger partial charge in [-0.15, -0.1) is 0 Å². The van der Waals surface area contributed by atoms with Crippen LogP contribution in [0, 0.1) is 12.7 Å². The highest BCUT2D eigenvalue weighted by atomic mass is 19.1. The molecule has 0 aliphatic rings. The van der Waals surface area contributed by atoms with Gasteiger partial charge in [-0.1, -0.05) is 6.07 Å². The number of halogens is 1. The highest BCUT2D eigenvalue weighted by Gasteiger charge is 2.07. The summed E-state index contributed by atoms with van der Waals surface area (Å²) in [5.74, 6) is -0.259. The van der Waals surface area contributed by atoms with E-state index in [1.165, 1.54) is 12.1 Å². The lowest BCUT2D eigenvalue weighted by Crippen LogP contribution is -2.00. The largest absolute Gasteiger partial charge is 0.326 e. The van der Waals surface area contributed by atoms with Crippen LogP contribution < -0.4 is 5.73 Å². The van der Waals surface area contributed by atoms with Gasteiger partial charge in [-0.2, -0.15) is 0 Å². The maximum absolute atomic E-state index is 13.1. The summed E-state index contributed by atoms with van der Waals surface area (Å²) in [7, 11) is 0. The van der Waals surface area contributed by atoms with Crippen LogP contribution in [0.15, 0.2) is 36.7 Å². The van der Waals surface area contributed by atoms with E-state index >= 15 is 0 Å². The zero-order valence-corrected chi connectivity index (χ0v) is 9.07. The second-order valence-electron chi connectivity index (χ2n) is 3.70. The van der Waals surface area contributed by atoms with E-state index in [-0.39, 0.29) is 5.82 Å². The Kier molecular flexibility index (Phi) is 2.97. The molecule has 0 aliphatic carbocycles. The molecule has 0 spiro atoms. The number of aromatic nitrogens is 1. The van der Waals surface area contributed by atoms with E-state index in [0.717, 1.165) is 22.3 Å². The standard InChI is InChI=1S/C13H13FN2/c1-9-4-5-16-8-13(9)12-3-2-11(14)6-10(12)7-15/h2-6,8H,7,15H2,1H3. The molecule has 0 saturated carbocycles. The van der Waals surface area contributed by atoms with E-state index in [4.69, 9.17) is 5.73 Å². The van der Waals surface area contributed by atoms with Crippen molar-refractivity contribution in [3.8, 4) is 11.1 Å². The van der Waals surface area contributed by atoms with E-state index in [0.29, 0.717) is 6.54 Å². The molecule has 2 N–H and O–H groups in total. The monoisotopic (exact) mass is 216 g/mol. The maximum atomic E-state index is 13.1. The average molecular weight is 216 g/mol. The first-order valence-electron chi connectivity index (χ1n) is 5.12. The fourth-order valence-electron chi connectivity index (χ4n) is 1.74. The molecule has 82 valence electrons. The van der Waals surface area contributed by atoms with Crippen LogP contribution in [0.25, 0.3) is 11.1 Å². The van der Waals surface area contributed by atoms with Gasteiger partial charge in [-0.05, 0) is 41.8 Å². The van der Waals surface area contributed by atoms with E-state index in [1.807, 2.05) is 13.0 Å². The molecule has 1 heterocycles. The zero-order valence-electron chi connectivity index (χ0n) is 9.07. The first kappa shape index (κ1) is 10.8. The maximum Gasteiger partial charge on any atom is 0.123 e. The first-order valence-corrected chi connectivity index (χ1v) is 5.12. The van der Waals surface area contributed by atoms with Gasteiger partial charge in [0.05, 0.1) is 0 Å². The Morgan fingerprint density at radius 2 is 2.06 bits per heavy atom. The van der Waals surface area contributed by atoms with Crippen LogP contribution in [0.1, 0.15) is 11.1 Å². The van der Waals surface area contributed by atoms with Crippen LogP contribution in [0.2, 0.25) is 0 Å². The minimum atomic E-state index is -0.259. The van der Waals surface area contributed by atoms with Gasteiger partial charge in [0.15, 0.2) is 0 Å². The Bertz CT molecular complexity index is 509. The third-order valence-electron chi connectivity index (χ3n) is 2.62. The molecule has 2 nitrogen and oxygen atoms in total. The molecular formula is C13H13FN2. The average Bonchev–Trinajstić information content (AvgIpc) is 2.30. The van der Waals surface area contributed by atoms with Crippen molar-refractivity contribution in [3.05, 3.63) is 53.6 Å². The molecule has 0 fully saturated rings. The summed E-state index contributed by atoms with van der Waals surface area (Å²) < 4.78 is 13.1. The summed E-state index contributed by atoms with van der Waals surface area (Å²) in [6.45, 7) is 2.32. The quantitative estimate of drug-likeness (QED) is 0.838. The summed E-state index contributed by atoms with van der Waals surface area (Å²) >= 11 is 0. The van der Waals surface area contributed by atoms with Gasteiger partial charge in [0.1, 0.15) is 5.82 Å². The molecule has 0 bridgehead atoms.